The zero-order valence-electron chi connectivity index (χ0n) is 16.2. The normalized spacial score (nSPS) is 17.2. The Bertz CT molecular complexity index is 689. The fraction of sp³-hybridized carbons (Fsp3) is 0.526. The van der Waals surface area contributed by atoms with Crippen molar-refractivity contribution >= 4 is 47.6 Å². The molecule has 1 aromatic rings. The Morgan fingerprint density at radius 1 is 1.36 bits per heavy atom. The fourth-order valence-electron chi connectivity index (χ4n) is 3.06. The lowest BCUT2D eigenvalue weighted by molar-refractivity contribution is -0.147. The number of thioether (sulfide) groups is 1. The van der Waals surface area contributed by atoms with Crippen LogP contribution >= 0.6 is 24.2 Å². The summed E-state index contributed by atoms with van der Waals surface area (Å²) in [4.78, 5) is 38.7. The zero-order chi connectivity index (χ0) is 19.8. The number of amides is 2. The Morgan fingerprint density at radius 2 is 2.11 bits per heavy atom. The van der Waals surface area contributed by atoms with Crippen LogP contribution < -0.4 is 11.1 Å². The van der Waals surface area contributed by atoms with Crippen LogP contribution in [0.2, 0.25) is 0 Å². The second kappa shape index (κ2) is 11.9. The average Bonchev–Trinajstić information content (AvgIpc) is 2.70. The minimum atomic E-state index is -0.595. The van der Waals surface area contributed by atoms with E-state index in [4.69, 9.17) is 10.5 Å². The van der Waals surface area contributed by atoms with Crippen LogP contribution in [0.5, 0.6) is 0 Å². The molecule has 1 fully saturated rings. The van der Waals surface area contributed by atoms with Gasteiger partial charge in [0.1, 0.15) is 6.04 Å². The minimum Gasteiger partial charge on any atom is -0.467 e. The minimum absolute atomic E-state index is 0. The molecule has 2 atom stereocenters. The smallest absolute Gasteiger partial charge is 0.328 e. The van der Waals surface area contributed by atoms with E-state index in [1.807, 2.05) is 6.26 Å². The van der Waals surface area contributed by atoms with Gasteiger partial charge in [0, 0.05) is 17.8 Å². The van der Waals surface area contributed by atoms with Crippen LogP contribution in [0.4, 0.5) is 5.69 Å². The highest BCUT2D eigenvalue weighted by atomic mass is 35.5. The van der Waals surface area contributed by atoms with Crippen LogP contribution in [-0.2, 0) is 14.3 Å². The molecule has 1 unspecified atom stereocenters. The molecular weight excluding hydrogens is 402 g/mol. The van der Waals surface area contributed by atoms with Crippen molar-refractivity contribution in [1.82, 2.24) is 4.90 Å². The Kier molecular flexibility index (Phi) is 10.3. The molecule has 1 aliphatic heterocycles. The molecule has 2 rings (SSSR count). The van der Waals surface area contributed by atoms with Gasteiger partial charge in [-0.2, -0.15) is 11.8 Å². The molecule has 1 aromatic carbocycles. The number of piperidine rings is 1. The van der Waals surface area contributed by atoms with E-state index in [2.05, 4.69) is 5.32 Å². The van der Waals surface area contributed by atoms with Crippen molar-refractivity contribution in [3.05, 3.63) is 29.8 Å². The third kappa shape index (κ3) is 6.39. The molecule has 1 aliphatic rings. The van der Waals surface area contributed by atoms with Gasteiger partial charge in [-0.1, -0.05) is 6.07 Å². The predicted molar refractivity (Wildman–Crippen MR) is 114 cm³/mol. The summed E-state index contributed by atoms with van der Waals surface area (Å²) in [5, 5.41) is 2.76. The van der Waals surface area contributed by atoms with Crippen molar-refractivity contribution in [3.63, 3.8) is 0 Å². The Morgan fingerprint density at radius 3 is 2.79 bits per heavy atom. The van der Waals surface area contributed by atoms with Gasteiger partial charge in [-0.25, -0.2) is 4.79 Å². The number of benzene rings is 1. The molecule has 9 heteroatoms. The number of rotatable bonds is 7. The van der Waals surface area contributed by atoms with Gasteiger partial charge < -0.3 is 20.7 Å². The van der Waals surface area contributed by atoms with Crippen molar-refractivity contribution in [2.24, 2.45) is 5.73 Å². The van der Waals surface area contributed by atoms with E-state index < -0.39 is 18.1 Å². The van der Waals surface area contributed by atoms with E-state index in [1.165, 1.54) is 7.11 Å². The van der Waals surface area contributed by atoms with Crippen LogP contribution in [0.1, 0.15) is 36.0 Å². The maximum Gasteiger partial charge on any atom is 0.328 e. The highest BCUT2D eigenvalue weighted by Gasteiger charge is 2.33. The number of nitrogens with two attached hydrogens (primary N) is 1. The van der Waals surface area contributed by atoms with E-state index in [0.29, 0.717) is 30.6 Å². The molecule has 3 N–H and O–H groups in total. The Labute approximate surface area is 176 Å². The van der Waals surface area contributed by atoms with E-state index in [-0.39, 0.29) is 24.2 Å². The van der Waals surface area contributed by atoms with Gasteiger partial charge in [-0.3, -0.25) is 9.59 Å². The fourth-order valence-corrected chi connectivity index (χ4v) is 3.55. The number of methoxy groups -OCH3 is 1. The summed E-state index contributed by atoms with van der Waals surface area (Å²) in [6, 6.07) is 5.55. The zero-order valence-corrected chi connectivity index (χ0v) is 17.8. The first-order chi connectivity index (χ1) is 13.0. The molecule has 0 aromatic heterocycles. The highest BCUT2D eigenvalue weighted by Crippen LogP contribution is 2.22. The molecule has 7 nitrogen and oxygen atoms in total. The number of carbonyl (C=O) groups excluding carboxylic acids is 3. The van der Waals surface area contributed by atoms with Gasteiger partial charge in [-0.15, -0.1) is 12.4 Å². The number of carbonyl (C=O) groups is 3. The summed E-state index contributed by atoms with van der Waals surface area (Å²) >= 11 is 1.63. The van der Waals surface area contributed by atoms with E-state index >= 15 is 0 Å². The molecule has 1 saturated heterocycles. The first-order valence-corrected chi connectivity index (χ1v) is 10.4. The molecule has 0 bridgehead atoms. The third-order valence-corrected chi connectivity index (χ3v) is 5.23. The molecule has 156 valence electrons. The summed E-state index contributed by atoms with van der Waals surface area (Å²) in [5.41, 5.74) is 6.81. The summed E-state index contributed by atoms with van der Waals surface area (Å²) in [7, 11) is 1.33. The largest absolute Gasteiger partial charge is 0.467 e. The average molecular weight is 430 g/mol. The number of anilines is 1. The van der Waals surface area contributed by atoms with Crippen LogP contribution in [0, 0.1) is 0 Å². The second-order valence-corrected chi connectivity index (χ2v) is 7.48. The number of ether oxygens (including phenoxy) is 1. The molecule has 0 aliphatic carbocycles. The maximum absolute atomic E-state index is 12.9. The standard InChI is InChI=1S/C19H27N3O4S.ClH/c1-26-19(25)16-8-3-4-10-22(16)18(24)13-6-5-7-14(12-13)21-17(23)15(20)9-11-27-2;/h5-7,12,15-16H,3-4,8-11,20H2,1-2H3,(H,21,23);1H/t15-,16?;/m0./s1. The van der Waals surface area contributed by atoms with Crippen LogP contribution in [0.3, 0.4) is 0 Å². The number of hydrogen-bond acceptors (Lipinski definition) is 6. The number of hydrogen-bond donors (Lipinski definition) is 2. The van der Waals surface area contributed by atoms with Crippen molar-refractivity contribution in [2.75, 3.05) is 31.0 Å². The van der Waals surface area contributed by atoms with Crippen molar-refractivity contribution in [3.8, 4) is 0 Å². The second-order valence-electron chi connectivity index (χ2n) is 6.49. The number of nitrogens with zero attached hydrogens (tertiary/aromatic N) is 1. The topological polar surface area (TPSA) is 102 Å². The van der Waals surface area contributed by atoms with Crippen LogP contribution in [0.25, 0.3) is 0 Å². The summed E-state index contributed by atoms with van der Waals surface area (Å²) in [6.45, 7) is 0.509. The van der Waals surface area contributed by atoms with Gasteiger partial charge in [0.05, 0.1) is 13.2 Å². The first kappa shape index (κ1) is 24.3. The van der Waals surface area contributed by atoms with Gasteiger partial charge >= 0.3 is 5.97 Å². The Hall–Kier alpha value is -1.77. The SMILES string of the molecule is COC(=O)C1CCCCN1C(=O)c1cccc(NC(=O)[C@@H](N)CCSC)c1.Cl. The van der Waals surface area contributed by atoms with Crippen molar-refractivity contribution in [1.29, 1.82) is 0 Å². The van der Waals surface area contributed by atoms with Gasteiger partial charge in [-0.05, 0) is 55.9 Å². The summed E-state index contributed by atoms with van der Waals surface area (Å²) in [5.74, 6) is -0.115. The van der Waals surface area contributed by atoms with Crippen molar-refractivity contribution in [2.45, 2.75) is 37.8 Å². The lowest BCUT2D eigenvalue weighted by Crippen LogP contribution is -2.48. The van der Waals surface area contributed by atoms with Crippen LogP contribution in [-0.4, -0.2) is 60.4 Å². The Balaban J connectivity index is 0.00000392. The third-order valence-electron chi connectivity index (χ3n) is 4.58. The molecule has 0 spiro atoms. The summed E-state index contributed by atoms with van der Waals surface area (Å²) in [6.07, 6.45) is 4.87. The maximum atomic E-state index is 12.9. The number of halogens is 1. The van der Waals surface area contributed by atoms with E-state index in [9.17, 15) is 14.4 Å². The molecule has 2 amide bonds. The lowest BCUT2D eigenvalue weighted by Gasteiger charge is -2.33. The quantitative estimate of drug-likeness (QED) is 0.645. The molecular formula is C19H28ClN3O4S. The van der Waals surface area contributed by atoms with Gasteiger partial charge in [0.2, 0.25) is 5.91 Å². The van der Waals surface area contributed by atoms with E-state index in [0.717, 1.165) is 18.6 Å². The molecule has 1 heterocycles. The van der Waals surface area contributed by atoms with Gasteiger partial charge in [0.25, 0.3) is 5.91 Å². The first-order valence-electron chi connectivity index (χ1n) is 9.02. The molecule has 28 heavy (non-hydrogen) atoms. The predicted octanol–water partition coefficient (Wildman–Crippen LogP) is 2.30. The van der Waals surface area contributed by atoms with Crippen LogP contribution in [0.15, 0.2) is 24.3 Å². The molecule has 0 radical (unpaired) electrons. The highest BCUT2D eigenvalue weighted by molar-refractivity contribution is 7.98. The monoisotopic (exact) mass is 429 g/mol. The van der Waals surface area contributed by atoms with Crippen molar-refractivity contribution < 1.29 is 19.1 Å². The molecule has 0 saturated carbocycles. The van der Waals surface area contributed by atoms with Gasteiger partial charge in [0.15, 0.2) is 0 Å². The number of esters is 1. The lowest BCUT2D eigenvalue weighted by atomic mass is 10.0. The number of likely N-dealkylation sites (tertiary alicyclic amines) is 1. The van der Waals surface area contributed by atoms with E-state index in [1.54, 1.807) is 40.9 Å². The summed E-state index contributed by atoms with van der Waals surface area (Å²) < 4.78 is 4.84. The number of nitrogens with one attached hydrogen (secondary N) is 1.